The lowest BCUT2D eigenvalue weighted by Gasteiger charge is -2.21. The first-order valence-corrected chi connectivity index (χ1v) is 5.13. The van der Waals surface area contributed by atoms with Gasteiger partial charge in [0.1, 0.15) is 5.60 Å². The number of hydrogen-bond acceptors (Lipinski definition) is 4. The fraction of sp³-hybridized carbons (Fsp3) is 0.500. The molecule has 88 valence electrons. The van der Waals surface area contributed by atoms with Crippen molar-refractivity contribution in [3.63, 3.8) is 0 Å². The molecule has 0 saturated carbocycles. The molecule has 0 amide bonds. The van der Waals surface area contributed by atoms with Gasteiger partial charge >= 0.3 is 5.97 Å². The normalized spacial score (nSPS) is 13.3. The smallest absolute Gasteiger partial charge is 0.341 e. The topological polar surface area (TPSA) is 59.4 Å². The molecule has 0 bridgehead atoms. The van der Waals surface area contributed by atoms with Crippen molar-refractivity contribution in [1.29, 1.82) is 0 Å². The predicted molar refractivity (Wildman–Crippen MR) is 59.8 cm³/mol. The van der Waals surface area contributed by atoms with Crippen molar-refractivity contribution in [3.8, 4) is 0 Å². The Morgan fingerprint density at radius 2 is 2.12 bits per heavy atom. The van der Waals surface area contributed by atoms with Crippen LogP contribution in [0.1, 0.15) is 38.1 Å². The summed E-state index contributed by atoms with van der Waals surface area (Å²) in [6.45, 7) is 7.12. The van der Waals surface area contributed by atoms with E-state index in [1.807, 2.05) is 6.92 Å². The van der Waals surface area contributed by atoms with E-state index in [9.17, 15) is 9.90 Å². The molecule has 4 nitrogen and oxygen atoms in total. The Morgan fingerprint density at radius 1 is 1.50 bits per heavy atom. The van der Waals surface area contributed by atoms with Crippen LogP contribution in [0.25, 0.3) is 0 Å². The van der Waals surface area contributed by atoms with Crippen molar-refractivity contribution in [2.24, 2.45) is 0 Å². The monoisotopic (exact) mass is 223 g/mol. The summed E-state index contributed by atoms with van der Waals surface area (Å²) in [5.41, 5.74) is 0.642. The summed E-state index contributed by atoms with van der Waals surface area (Å²) in [6, 6.07) is 3.46. The first kappa shape index (κ1) is 12.6. The number of carbonyl (C=O) groups excluding carboxylic acids is 1. The molecule has 0 aliphatic rings. The number of aryl methyl sites for hydroxylation is 1. The fourth-order valence-electron chi connectivity index (χ4n) is 1.19. The zero-order valence-corrected chi connectivity index (χ0v) is 10.0. The summed E-state index contributed by atoms with van der Waals surface area (Å²) in [5.74, 6) is -0.675. The molecule has 0 aromatic carbocycles. The van der Waals surface area contributed by atoms with Crippen LogP contribution in [0.3, 0.4) is 0 Å². The van der Waals surface area contributed by atoms with Gasteiger partial charge in [0.2, 0.25) is 0 Å². The van der Waals surface area contributed by atoms with Gasteiger partial charge in [0.05, 0.1) is 5.69 Å². The van der Waals surface area contributed by atoms with Gasteiger partial charge in [0, 0.05) is 6.20 Å². The first-order valence-electron chi connectivity index (χ1n) is 5.13. The summed E-state index contributed by atoms with van der Waals surface area (Å²) >= 11 is 0. The third-order valence-electron chi connectivity index (χ3n) is 1.85. The van der Waals surface area contributed by atoms with Crippen LogP contribution in [0, 0.1) is 6.92 Å². The lowest BCUT2D eigenvalue weighted by Crippen LogP contribution is -2.28. The van der Waals surface area contributed by atoms with E-state index in [0.717, 1.165) is 5.56 Å². The average Bonchev–Trinajstić information content (AvgIpc) is 2.14. The molecule has 0 spiro atoms. The highest BCUT2D eigenvalue weighted by Gasteiger charge is 2.25. The Bertz CT molecular complexity index is 382. The number of pyridine rings is 1. The van der Waals surface area contributed by atoms with Crippen LogP contribution in [-0.2, 0) is 9.53 Å². The summed E-state index contributed by atoms with van der Waals surface area (Å²) in [4.78, 5) is 15.5. The number of carbonyl (C=O) groups is 1. The van der Waals surface area contributed by atoms with Gasteiger partial charge in [0.15, 0.2) is 6.10 Å². The maximum absolute atomic E-state index is 11.6. The minimum absolute atomic E-state index is 0.314. The Kier molecular flexibility index (Phi) is 3.65. The lowest BCUT2D eigenvalue weighted by molar-refractivity contribution is -0.165. The number of ether oxygens (including phenoxy) is 1. The second kappa shape index (κ2) is 4.61. The molecule has 1 unspecified atom stereocenters. The molecule has 0 aliphatic carbocycles. The Balaban J connectivity index is 2.78. The van der Waals surface area contributed by atoms with Crippen molar-refractivity contribution >= 4 is 5.97 Å². The molecular weight excluding hydrogens is 206 g/mol. The van der Waals surface area contributed by atoms with Crippen LogP contribution in [-0.4, -0.2) is 21.7 Å². The zero-order valence-electron chi connectivity index (χ0n) is 10.0. The van der Waals surface area contributed by atoms with E-state index < -0.39 is 17.7 Å². The third-order valence-corrected chi connectivity index (χ3v) is 1.85. The van der Waals surface area contributed by atoms with Crippen LogP contribution in [0.15, 0.2) is 18.3 Å². The van der Waals surface area contributed by atoms with Gasteiger partial charge in [-0.15, -0.1) is 0 Å². The molecule has 0 radical (unpaired) electrons. The maximum atomic E-state index is 11.6. The third kappa shape index (κ3) is 3.62. The summed E-state index contributed by atoms with van der Waals surface area (Å²) in [7, 11) is 0. The van der Waals surface area contributed by atoms with Crippen molar-refractivity contribution in [1.82, 2.24) is 4.98 Å². The Hall–Kier alpha value is -1.42. The Morgan fingerprint density at radius 3 is 2.62 bits per heavy atom. The van der Waals surface area contributed by atoms with Crippen LogP contribution < -0.4 is 0 Å². The maximum Gasteiger partial charge on any atom is 0.341 e. The number of aromatic nitrogens is 1. The predicted octanol–water partition coefficient (Wildman–Crippen LogP) is 1.77. The minimum Gasteiger partial charge on any atom is -0.458 e. The van der Waals surface area contributed by atoms with Gasteiger partial charge in [0.25, 0.3) is 0 Å². The van der Waals surface area contributed by atoms with Crippen molar-refractivity contribution in [2.45, 2.75) is 39.4 Å². The molecule has 1 aromatic heterocycles. The van der Waals surface area contributed by atoms with Crippen LogP contribution in [0.2, 0.25) is 0 Å². The molecule has 4 heteroatoms. The van der Waals surface area contributed by atoms with Gasteiger partial charge in [-0.05, 0) is 45.4 Å². The number of aliphatic hydroxyl groups is 1. The van der Waals surface area contributed by atoms with E-state index in [0.29, 0.717) is 5.69 Å². The van der Waals surface area contributed by atoms with Crippen LogP contribution in [0.5, 0.6) is 0 Å². The number of aliphatic hydroxyl groups excluding tert-OH is 1. The van der Waals surface area contributed by atoms with E-state index in [-0.39, 0.29) is 0 Å². The molecule has 1 rings (SSSR count). The zero-order chi connectivity index (χ0) is 12.3. The van der Waals surface area contributed by atoms with E-state index >= 15 is 0 Å². The quantitative estimate of drug-likeness (QED) is 0.776. The molecule has 0 saturated heterocycles. The lowest BCUT2D eigenvalue weighted by atomic mass is 10.1. The summed E-state index contributed by atoms with van der Waals surface area (Å²) in [5, 5.41) is 9.74. The van der Waals surface area contributed by atoms with Gasteiger partial charge in [-0.3, -0.25) is 4.98 Å². The van der Waals surface area contributed by atoms with Gasteiger partial charge in [-0.2, -0.15) is 0 Å². The van der Waals surface area contributed by atoms with Crippen molar-refractivity contribution < 1.29 is 14.6 Å². The Labute approximate surface area is 95.3 Å². The second-order valence-electron chi connectivity index (χ2n) is 4.69. The van der Waals surface area contributed by atoms with Gasteiger partial charge in [-0.1, -0.05) is 0 Å². The summed E-state index contributed by atoms with van der Waals surface area (Å²) < 4.78 is 5.06. The number of rotatable bonds is 2. The van der Waals surface area contributed by atoms with E-state index in [4.69, 9.17) is 4.74 Å². The minimum atomic E-state index is -1.32. The average molecular weight is 223 g/mol. The van der Waals surface area contributed by atoms with E-state index in [1.165, 1.54) is 0 Å². The molecule has 16 heavy (non-hydrogen) atoms. The van der Waals surface area contributed by atoms with E-state index in [2.05, 4.69) is 4.98 Å². The standard InChI is InChI=1S/C12H17NO3/c1-8-5-6-13-9(7-8)10(14)11(15)16-12(2,3)4/h5-7,10,14H,1-4H3. The van der Waals surface area contributed by atoms with Gasteiger partial charge in [-0.25, -0.2) is 4.79 Å². The molecule has 1 atom stereocenters. The van der Waals surface area contributed by atoms with E-state index in [1.54, 1.807) is 39.1 Å². The molecule has 0 aliphatic heterocycles. The summed E-state index contributed by atoms with van der Waals surface area (Å²) in [6.07, 6.45) is 0.234. The van der Waals surface area contributed by atoms with Crippen molar-refractivity contribution in [3.05, 3.63) is 29.6 Å². The largest absolute Gasteiger partial charge is 0.458 e. The SMILES string of the molecule is Cc1ccnc(C(O)C(=O)OC(C)(C)C)c1. The highest BCUT2D eigenvalue weighted by molar-refractivity contribution is 5.76. The van der Waals surface area contributed by atoms with Crippen molar-refractivity contribution in [2.75, 3.05) is 0 Å². The molecular formula is C12H17NO3. The molecule has 1 N–H and O–H groups in total. The molecule has 1 aromatic rings. The fourth-order valence-corrected chi connectivity index (χ4v) is 1.19. The highest BCUT2D eigenvalue weighted by Crippen LogP contribution is 2.17. The van der Waals surface area contributed by atoms with Crippen LogP contribution >= 0.6 is 0 Å². The van der Waals surface area contributed by atoms with Crippen LogP contribution in [0.4, 0.5) is 0 Å². The first-order chi connectivity index (χ1) is 7.29. The second-order valence-corrected chi connectivity index (χ2v) is 4.69. The number of nitrogens with zero attached hydrogens (tertiary/aromatic N) is 1. The van der Waals surface area contributed by atoms with Gasteiger partial charge < -0.3 is 9.84 Å². The molecule has 1 heterocycles. The number of hydrogen-bond donors (Lipinski definition) is 1. The highest BCUT2D eigenvalue weighted by atomic mass is 16.6. The molecule has 0 fully saturated rings. The number of esters is 1.